The summed E-state index contributed by atoms with van der Waals surface area (Å²) in [6.07, 6.45) is -0.201. The molecule has 0 spiro atoms. The Morgan fingerprint density at radius 3 is 2.38 bits per heavy atom. The fourth-order valence-electron chi connectivity index (χ4n) is 0.510. The minimum absolute atomic E-state index is 0.0168. The van der Waals surface area contributed by atoms with Crippen LogP contribution in [0.25, 0.3) is 0 Å². The van der Waals surface area contributed by atoms with Crippen molar-refractivity contribution < 1.29 is 14.3 Å². The van der Waals surface area contributed by atoms with Crippen LogP contribution in [0, 0.1) is 0 Å². The highest BCUT2D eigenvalue weighted by Gasteiger charge is 2.13. The van der Waals surface area contributed by atoms with Crippen molar-refractivity contribution in [1.29, 1.82) is 0 Å². The number of ketones is 1. The van der Waals surface area contributed by atoms with Crippen LogP contribution in [0.1, 0.15) is 6.92 Å². The first kappa shape index (κ1) is 5.72. The number of hydrogen-bond donors (Lipinski definition) is 0. The van der Waals surface area contributed by atoms with Gasteiger partial charge in [-0.25, -0.2) is 0 Å². The Balaban J connectivity index is 2.29. The summed E-state index contributed by atoms with van der Waals surface area (Å²) in [5.41, 5.74) is 0. The van der Waals surface area contributed by atoms with Crippen molar-refractivity contribution in [3.8, 4) is 0 Å². The van der Waals surface area contributed by atoms with E-state index < -0.39 is 0 Å². The zero-order valence-electron chi connectivity index (χ0n) is 4.72. The van der Waals surface area contributed by atoms with E-state index in [-0.39, 0.29) is 25.3 Å². The molecule has 1 fully saturated rings. The quantitative estimate of drug-likeness (QED) is 0.445. The average Bonchev–Trinajstić information content (AvgIpc) is 1.77. The van der Waals surface area contributed by atoms with Gasteiger partial charge in [0.25, 0.3) is 0 Å². The zero-order valence-corrected chi connectivity index (χ0v) is 4.72. The second-order valence-electron chi connectivity index (χ2n) is 1.73. The molecular weight excluding hydrogens is 108 g/mol. The maximum atomic E-state index is 10.4. The van der Waals surface area contributed by atoms with Gasteiger partial charge in [-0.15, -0.1) is 0 Å². The van der Waals surface area contributed by atoms with Crippen LogP contribution in [0.15, 0.2) is 0 Å². The maximum absolute atomic E-state index is 10.4. The van der Waals surface area contributed by atoms with Gasteiger partial charge < -0.3 is 9.47 Å². The zero-order chi connectivity index (χ0) is 5.98. The Labute approximate surface area is 47.6 Å². The van der Waals surface area contributed by atoms with E-state index in [1.54, 1.807) is 6.92 Å². The van der Waals surface area contributed by atoms with Gasteiger partial charge >= 0.3 is 0 Å². The third-order valence-electron chi connectivity index (χ3n) is 0.958. The van der Waals surface area contributed by atoms with E-state index in [1.165, 1.54) is 0 Å². The first-order valence-electron chi connectivity index (χ1n) is 2.54. The third-order valence-corrected chi connectivity index (χ3v) is 0.958. The van der Waals surface area contributed by atoms with E-state index in [2.05, 4.69) is 0 Å². The second-order valence-corrected chi connectivity index (χ2v) is 1.73. The van der Waals surface area contributed by atoms with Crippen LogP contribution in [0.3, 0.4) is 0 Å². The molecule has 0 bridgehead atoms. The average molecular weight is 116 g/mol. The van der Waals surface area contributed by atoms with Crippen molar-refractivity contribution >= 4 is 5.78 Å². The lowest BCUT2D eigenvalue weighted by Gasteiger charge is -2.17. The maximum Gasteiger partial charge on any atom is 0.184 e. The molecule has 1 aliphatic heterocycles. The molecular formula is C5H8O3. The second kappa shape index (κ2) is 2.24. The van der Waals surface area contributed by atoms with Crippen molar-refractivity contribution in [1.82, 2.24) is 0 Å². The molecule has 0 unspecified atom stereocenters. The number of rotatable bonds is 0. The van der Waals surface area contributed by atoms with Crippen molar-refractivity contribution in [3.63, 3.8) is 0 Å². The molecule has 0 saturated carbocycles. The predicted molar refractivity (Wildman–Crippen MR) is 26.4 cm³/mol. The van der Waals surface area contributed by atoms with Gasteiger partial charge in [-0.05, 0) is 6.92 Å². The minimum atomic E-state index is -0.201. The summed E-state index contributed by atoms with van der Waals surface area (Å²) in [4.78, 5) is 10.4. The highest BCUT2D eigenvalue weighted by Crippen LogP contribution is 1.99. The van der Waals surface area contributed by atoms with Gasteiger partial charge in [-0.3, -0.25) is 4.79 Å². The van der Waals surface area contributed by atoms with Crippen LogP contribution >= 0.6 is 0 Å². The van der Waals surface area contributed by atoms with Gasteiger partial charge in [0.15, 0.2) is 12.1 Å². The summed E-state index contributed by atoms with van der Waals surface area (Å²) >= 11 is 0. The Hall–Kier alpha value is -0.410. The molecule has 3 heteroatoms. The third kappa shape index (κ3) is 1.28. The lowest BCUT2D eigenvalue weighted by atomic mass is 10.4. The molecule has 46 valence electrons. The van der Waals surface area contributed by atoms with E-state index >= 15 is 0 Å². The van der Waals surface area contributed by atoms with Gasteiger partial charge in [0.2, 0.25) is 0 Å². The van der Waals surface area contributed by atoms with Gasteiger partial charge in [0, 0.05) is 0 Å². The molecule has 0 aliphatic carbocycles. The first-order valence-corrected chi connectivity index (χ1v) is 2.54. The monoisotopic (exact) mass is 116 g/mol. The topological polar surface area (TPSA) is 35.5 Å². The van der Waals surface area contributed by atoms with E-state index in [0.29, 0.717) is 0 Å². The molecule has 0 aromatic heterocycles. The highest BCUT2D eigenvalue weighted by molar-refractivity contribution is 5.81. The SMILES string of the molecule is CC1OCC(=O)CO1. The Morgan fingerprint density at radius 1 is 1.50 bits per heavy atom. The summed E-state index contributed by atoms with van der Waals surface area (Å²) in [7, 11) is 0. The summed E-state index contributed by atoms with van der Waals surface area (Å²) in [6, 6.07) is 0. The Morgan fingerprint density at radius 2 is 2.00 bits per heavy atom. The molecule has 0 amide bonds. The molecule has 1 aliphatic rings. The Bertz CT molecular complexity index is 89.8. The van der Waals surface area contributed by atoms with Gasteiger partial charge in [0.1, 0.15) is 13.2 Å². The number of ether oxygens (including phenoxy) is 2. The summed E-state index contributed by atoms with van der Waals surface area (Å²) < 4.78 is 9.64. The highest BCUT2D eigenvalue weighted by atomic mass is 16.7. The summed E-state index contributed by atoms with van der Waals surface area (Å²) in [6.45, 7) is 2.19. The van der Waals surface area contributed by atoms with Crippen molar-refractivity contribution in [3.05, 3.63) is 0 Å². The smallest absolute Gasteiger partial charge is 0.184 e. The first-order chi connectivity index (χ1) is 3.79. The molecule has 1 rings (SSSR count). The normalized spacial score (nSPS) is 23.9. The molecule has 8 heavy (non-hydrogen) atoms. The van der Waals surface area contributed by atoms with Crippen LogP contribution in [-0.4, -0.2) is 25.3 Å². The predicted octanol–water partition coefficient (Wildman–Crippen LogP) is -0.0517. The molecule has 1 saturated heterocycles. The number of hydrogen-bond acceptors (Lipinski definition) is 3. The summed E-state index contributed by atoms with van der Waals surface area (Å²) in [5.74, 6) is 0.0168. The van der Waals surface area contributed by atoms with Crippen molar-refractivity contribution in [2.24, 2.45) is 0 Å². The number of carbonyl (C=O) groups is 1. The minimum Gasteiger partial charge on any atom is -0.345 e. The summed E-state index contributed by atoms with van der Waals surface area (Å²) in [5, 5.41) is 0. The number of Topliss-reactive ketones (excluding diaryl/α,β-unsaturated/α-hetero) is 1. The molecule has 0 aromatic rings. The van der Waals surface area contributed by atoms with Gasteiger partial charge in [-0.2, -0.15) is 0 Å². The fourth-order valence-corrected chi connectivity index (χ4v) is 0.510. The standard InChI is InChI=1S/C5H8O3/c1-4-7-2-5(6)3-8-4/h4H,2-3H2,1H3. The lowest BCUT2D eigenvalue weighted by molar-refractivity contribution is -0.179. The van der Waals surface area contributed by atoms with E-state index in [9.17, 15) is 4.79 Å². The van der Waals surface area contributed by atoms with Gasteiger partial charge in [0.05, 0.1) is 0 Å². The van der Waals surface area contributed by atoms with Crippen LogP contribution in [0.4, 0.5) is 0 Å². The van der Waals surface area contributed by atoms with Crippen LogP contribution in [-0.2, 0) is 14.3 Å². The molecule has 3 nitrogen and oxygen atoms in total. The van der Waals surface area contributed by atoms with Gasteiger partial charge in [-0.1, -0.05) is 0 Å². The van der Waals surface area contributed by atoms with E-state index in [1.807, 2.05) is 0 Å². The molecule has 0 radical (unpaired) electrons. The van der Waals surface area contributed by atoms with E-state index in [4.69, 9.17) is 9.47 Å². The number of carbonyl (C=O) groups excluding carboxylic acids is 1. The molecule has 0 atom stereocenters. The molecule has 0 N–H and O–H groups in total. The molecule has 0 aromatic carbocycles. The lowest BCUT2D eigenvalue weighted by Crippen LogP contribution is -2.29. The van der Waals surface area contributed by atoms with E-state index in [0.717, 1.165) is 0 Å². The van der Waals surface area contributed by atoms with Crippen LogP contribution < -0.4 is 0 Å². The Kier molecular flexibility index (Phi) is 1.60. The largest absolute Gasteiger partial charge is 0.345 e. The van der Waals surface area contributed by atoms with Crippen LogP contribution in [0.2, 0.25) is 0 Å². The fraction of sp³-hybridized carbons (Fsp3) is 0.800. The van der Waals surface area contributed by atoms with Crippen LogP contribution in [0.5, 0.6) is 0 Å². The molecule has 1 heterocycles. The van der Waals surface area contributed by atoms with Crippen molar-refractivity contribution in [2.75, 3.05) is 13.2 Å². The van der Waals surface area contributed by atoms with Crippen molar-refractivity contribution in [2.45, 2.75) is 13.2 Å².